The van der Waals surface area contributed by atoms with Crippen LogP contribution in [0.15, 0.2) is 6.07 Å². The Bertz CT molecular complexity index is 392. The molecule has 0 radical (unpaired) electrons. The number of ether oxygens (including phenoxy) is 1. The first-order valence-electron chi connectivity index (χ1n) is 6.59. The highest BCUT2D eigenvalue weighted by Crippen LogP contribution is 2.39. The molecule has 0 aliphatic heterocycles. The lowest BCUT2D eigenvalue weighted by Gasteiger charge is -2.42. The molecule has 0 amide bonds. The van der Waals surface area contributed by atoms with Gasteiger partial charge in [-0.05, 0) is 38.7 Å². The summed E-state index contributed by atoms with van der Waals surface area (Å²) >= 11 is 0. The molecular formula is C13H24N4O. The Balaban J connectivity index is 1.99. The monoisotopic (exact) mass is 252 g/mol. The highest BCUT2D eigenvalue weighted by atomic mass is 16.5. The van der Waals surface area contributed by atoms with E-state index in [1.165, 1.54) is 12.1 Å². The van der Waals surface area contributed by atoms with Gasteiger partial charge in [-0.1, -0.05) is 0 Å². The number of aryl methyl sites for hydroxylation is 2. The van der Waals surface area contributed by atoms with E-state index in [0.717, 1.165) is 31.4 Å². The molecule has 2 rings (SSSR count). The third-order valence-electron chi connectivity index (χ3n) is 4.11. The Kier molecular flexibility index (Phi) is 4.04. The zero-order chi connectivity index (χ0) is 13.2. The average Bonchev–Trinajstić information content (AvgIpc) is 2.61. The minimum absolute atomic E-state index is 0.0463. The maximum absolute atomic E-state index is 5.68. The van der Waals surface area contributed by atoms with E-state index >= 15 is 0 Å². The summed E-state index contributed by atoms with van der Waals surface area (Å²) in [6.45, 7) is 2.01. The van der Waals surface area contributed by atoms with Crippen LogP contribution in [0, 0.1) is 6.92 Å². The second-order valence-corrected chi connectivity index (χ2v) is 5.41. The molecule has 1 unspecified atom stereocenters. The Hall–Kier alpha value is -0.910. The fraction of sp³-hybridized carbons (Fsp3) is 0.769. The van der Waals surface area contributed by atoms with Gasteiger partial charge in [0.1, 0.15) is 0 Å². The molecule has 1 fully saturated rings. The van der Waals surface area contributed by atoms with Gasteiger partial charge in [-0.25, -0.2) is 0 Å². The van der Waals surface area contributed by atoms with Crippen molar-refractivity contribution in [3.8, 4) is 0 Å². The number of nitrogens with zero attached hydrogens (tertiary/aromatic N) is 2. The minimum Gasteiger partial charge on any atom is -0.378 e. The maximum Gasteiger partial charge on any atom is 0.0694 e. The largest absolute Gasteiger partial charge is 0.378 e. The zero-order valence-corrected chi connectivity index (χ0v) is 11.6. The lowest BCUT2D eigenvalue weighted by molar-refractivity contribution is -0.0835. The predicted molar refractivity (Wildman–Crippen MR) is 71.0 cm³/mol. The van der Waals surface area contributed by atoms with Gasteiger partial charge in [0.25, 0.3) is 0 Å². The van der Waals surface area contributed by atoms with E-state index in [0.29, 0.717) is 0 Å². The van der Waals surface area contributed by atoms with E-state index in [4.69, 9.17) is 10.6 Å². The van der Waals surface area contributed by atoms with E-state index in [9.17, 15) is 0 Å². The number of nitrogens with one attached hydrogen (secondary N) is 1. The number of methoxy groups -OCH3 is 1. The number of hydrazine groups is 1. The molecule has 1 aliphatic rings. The van der Waals surface area contributed by atoms with Gasteiger partial charge in [0.2, 0.25) is 0 Å². The first kappa shape index (κ1) is 13.5. The average molecular weight is 252 g/mol. The molecule has 18 heavy (non-hydrogen) atoms. The van der Waals surface area contributed by atoms with Crippen molar-refractivity contribution >= 4 is 0 Å². The Morgan fingerprint density at radius 3 is 2.72 bits per heavy atom. The molecule has 102 valence electrons. The van der Waals surface area contributed by atoms with Crippen LogP contribution >= 0.6 is 0 Å². The van der Waals surface area contributed by atoms with Gasteiger partial charge in [0.05, 0.1) is 11.3 Å². The third kappa shape index (κ3) is 2.74. The highest BCUT2D eigenvalue weighted by molar-refractivity contribution is 5.10. The minimum atomic E-state index is 0.0463. The van der Waals surface area contributed by atoms with Crippen LogP contribution < -0.4 is 11.3 Å². The first-order chi connectivity index (χ1) is 8.58. The second-order valence-electron chi connectivity index (χ2n) is 5.41. The Morgan fingerprint density at radius 1 is 1.61 bits per heavy atom. The lowest BCUT2D eigenvalue weighted by atomic mass is 9.75. The Morgan fingerprint density at radius 2 is 2.33 bits per heavy atom. The summed E-state index contributed by atoms with van der Waals surface area (Å²) in [6.07, 6.45) is 5.40. The lowest BCUT2D eigenvalue weighted by Crippen LogP contribution is -2.48. The standard InChI is InChI=1S/C13H24N4O/c1-10-7-12(17(2)16-10)8-11(15-14)9-13(18-3)5-4-6-13/h7,11,15H,4-6,8-9,14H2,1-3H3. The van der Waals surface area contributed by atoms with Crippen molar-refractivity contribution < 1.29 is 4.74 Å². The Labute approximate surface area is 109 Å². The van der Waals surface area contributed by atoms with Crippen molar-refractivity contribution in [1.82, 2.24) is 15.2 Å². The molecule has 0 aromatic carbocycles. The number of nitrogens with two attached hydrogens (primary N) is 1. The molecule has 1 atom stereocenters. The molecule has 1 heterocycles. The van der Waals surface area contributed by atoms with Crippen molar-refractivity contribution in [3.63, 3.8) is 0 Å². The number of aromatic nitrogens is 2. The van der Waals surface area contributed by atoms with Crippen molar-refractivity contribution in [2.45, 2.75) is 50.7 Å². The second kappa shape index (κ2) is 5.38. The van der Waals surface area contributed by atoms with Gasteiger partial charge >= 0.3 is 0 Å². The van der Waals surface area contributed by atoms with E-state index in [1.807, 2.05) is 18.7 Å². The molecule has 5 heteroatoms. The summed E-state index contributed by atoms with van der Waals surface area (Å²) in [5.74, 6) is 5.68. The fourth-order valence-electron chi connectivity index (χ4n) is 2.81. The predicted octanol–water partition coefficient (Wildman–Crippen LogP) is 1.06. The topological polar surface area (TPSA) is 65.1 Å². The summed E-state index contributed by atoms with van der Waals surface area (Å²) in [4.78, 5) is 0. The van der Waals surface area contributed by atoms with Gasteiger partial charge in [0.15, 0.2) is 0 Å². The summed E-state index contributed by atoms with van der Waals surface area (Å²) < 4.78 is 7.59. The first-order valence-corrected chi connectivity index (χ1v) is 6.59. The third-order valence-corrected chi connectivity index (χ3v) is 4.11. The molecule has 5 nitrogen and oxygen atoms in total. The molecule has 3 N–H and O–H groups in total. The molecule has 1 aromatic heterocycles. The van der Waals surface area contributed by atoms with Gasteiger partial charge < -0.3 is 4.74 Å². The van der Waals surface area contributed by atoms with Gasteiger partial charge in [-0.3, -0.25) is 16.0 Å². The molecular weight excluding hydrogens is 228 g/mol. The van der Waals surface area contributed by atoms with Gasteiger partial charge in [-0.2, -0.15) is 5.10 Å². The van der Waals surface area contributed by atoms with E-state index in [1.54, 1.807) is 7.11 Å². The fourth-order valence-corrected chi connectivity index (χ4v) is 2.81. The van der Waals surface area contributed by atoms with Gasteiger partial charge in [-0.15, -0.1) is 0 Å². The summed E-state index contributed by atoms with van der Waals surface area (Å²) in [6, 6.07) is 2.35. The SMILES string of the molecule is COC1(CC(Cc2cc(C)nn2C)NN)CCC1. The summed E-state index contributed by atoms with van der Waals surface area (Å²) in [5, 5.41) is 4.37. The van der Waals surface area contributed by atoms with E-state index in [2.05, 4.69) is 16.6 Å². The molecule has 0 saturated heterocycles. The van der Waals surface area contributed by atoms with Crippen LogP contribution in [0.3, 0.4) is 0 Å². The van der Waals surface area contributed by atoms with Crippen molar-refractivity contribution in [1.29, 1.82) is 0 Å². The van der Waals surface area contributed by atoms with Crippen LogP contribution in [0.25, 0.3) is 0 Å². The maximum atomic E-state index is 5.68. The van der Waals surface area contributed by atoms with E-state index < -0.39 is 0 Å². The number of hydrogen-bond acceptors (Lipinski definition) is 4. The molecule has 0 bridgehead atoms. The smallest absolute Gasteiger partial charge is 0.0694 e. The molecule has 1 aliphatic carbocycles. The molecule has 1 saturated carbocycles. The van der Waals surface area contributed by atoms with Crippen LogP contribution in [0.4, 0.5) is 0 Å². The van der Waals surface area contributed by atoms with Crippen LogP contribution in [-0.2, 0) is 18.2 Å². The van der Waals surface area contributed by atoms with Crippen LogP contribution in [-0.4, -0.2) is 28.5 Å². The quantitative estimate of drug-likeness (QED) is 0.587. The van der Waals surface area contributed by atoms with Crippen molar-refractivity contribution in [2.75, 3.05) is 7.11 Å². The normalized spacial score (nSPS) is 19.6. The molecule has 0 spiro atoms. The summed E-state index contributed by atoms with van der Waals surface area (Å²) in [5.41, 5.74) is 5.23. The highest BCUT2D eigenvalue weighted by Gasteiger charge is 2.38. The summed E-state index contributed by atoms with van der Waals surface area (Å²) in [7, 11) is 3.78. The zero-order valence-electron chi connectivity index (χ0n) is 11.6. The van der Waals surface area contributed by atoms with Crippen molar-refractivity contribution in [3.05, 3.63) is 17.5 Å². The van der Waals surface area contributed by atoms with Crippen LogP contribution in [0.5, 0.6) is 0 Å². The number of hydrogen-bond donors (Lipinski definition) is 2. The molecule has 1 aromatic rings. The van der Waals surface area contributed by atoms with Crippen molar-refractivity contribution in [2.24, 2.45) is 12.9 Å². The number of rotatable bonds is 6. The van der Waals surface area contributed by atoms with Crippen LogP contribution in [0.1, 0.15) is 37.1 Å². The van der Waals surface area contributed by atoms with Crippen LogP contribution in [0.2, 0.25) is 0 Å². The van der Waals surface area contributed by atoms with Gasteiger partial charge in [0, 0.05) is 32.3 Å². The van der Waals surface area contributed by atoms with E-state index in [-0.39, 0.29) is 11.6 Å².